The highest BCUT2D eigenvalue weighted by molar-refractivity contribution is 5.72. The number of hydrogen-bond donors (Lipinski definition) is 1. The SMILES string of the molecule is CCOCCCN(C)C(C)C(=O)O. The summed E-state index contributed by atoms with van der Waals surface area (Å²) in [6, 6.07) is -0.415. The van der Waals surface area contributed by atoms with Crippen molar-refractivity contribution in [2.45, 2.75) is 26.3 Å². The lowest BCUT2D eigenvalue weighted by Gasteiger charge is -2.20. The van der Waals surface area contributed by atoms with Gasteiger partial charge in [0.25, 0.3) is 0 Å². The summed E-state index contributed by atoms with van der Waals surface area (Å²) < 4.78 is 5.15. The summed E-state index contributed by atoms with van der Waals surface area (Å²) >= 11 is 0. The molecule has 0 radical (unpaired) electrons. The topological polar surface area (TPSA) is 49.8 Å². The molecule has 0 aliphatic carbocycles. The maximum atomic E-state index is 10.6. The zero-order valence-corrected chi connectivity index (χ0v) is 8.62. The van der Waals surface area contributed by atoms with Crippen molar-refractivity contribution in [3.8, 4) is 0 Å². The Morgan fingerprint density at radius 2 is 2.23 bits per heavy atom. The first kappa shape index (κ1) is 12.4. The monoisotopic (exact) mass is 189 g/mol. The average Bonchev–Trinajstić information content (AvgIpc) is 2.10. The van der Waals surface area contributed by atoms with E-state index in [2.05, 4.69) is 0 Å². The fourth-order valence-corrected chi connectivity index (χ4v) is 0.943. The molecule has 1 N–H and O–H groups in total. The van der Waals surface area contributed by atoms with E-state index in [4.69, 9.17) is 9.84 Å². The molecular formula is C9H19NO3. The summed E-state index contributed by atoms with van der Waals surface area (Å²) in [6.45, 7) is 5.81. The quantitative estimate of drug-likeness (QED) is 0.602. The van der Waals surface area contributed by atoms with Gasteiger partial charge in [-0.1, -0.05) is 0 Å². The molecule has 0 heterocycles. The van der Waals surface area contributed by atoms with Crippen molar-refractivity contribution in [2.75, 3.05) is 26.8 Å². The highest BCUT2D eigenvalue weighted by Crippen LogP contribution is 1.97. The van der Waals surface area contributed by atoms with Gasteiger partial charge in [0.05, 0.1) is 0 Å². The van der Waals surface area contributed by atoms with E-state index in [1.165, 1.54) is 0 Å². The molecule has 0 rings (SSSR count). The molecule has 78 valence electrons. The van der Waals surface area contributed by atoms with Gasteiger partial charge in [-0.3, -0.25) is 9.69 Å². The van der Waals surface area contributed by atoms with Crippen molar-refractivity contribution in [1.29, 1.82) is 0 Å². The van der Waals surface area contributed by atoms with E-state index in [0.29, 0.717) is 6.61 Å². The Hall–Kier alpha value is -0.610. The number of carboxylic acids is 1. The molecule has 0 amide bonds. The minimum Gasteiger partial charge on any atom is -0.480 e. The van der Waals surface area contributed by atoms with Crippen LogP contribution in [0.2, 0.25) is 0 Å². The van der Waals surface area contributed by atoms with Crippen molar-refractivity contribution in [3.63, 3.8) is 0 Å². The van der Waals surface area contributed by atoms with Crippen LogP contribution >= 0.6 is 0 Å². The third-order valence-corrected chi connectivity index (χ3v) is 2.02. The lowest BCUT2D eigenvalue weighted by atomic mass is 10.3. The van der Waals surface area contributed by atoms with E-state index < -0.39 is 12.0 Å². The Balaban J connectivity index is 3.50. The molecule has 0 aliphatic heterocycles. The second-order valence-electron chi connectivity index (χ2n) is 3.05. The number of nitrogens with zero attached hydrogens (tertiary/aromatic N) is 1. The van der Waals surface area contributed by atoms with Gasteiger partial charge in [-0.15, -0.1) is 0 Å². The normalized spacial score (nSPS) is 13.2. The van der Waals surface area contributed by atoms with Crippen molar-refractivity contribution in [3.05, 3.63) is 0 Å². The Morgan fingerprint density at radius 3 is 2.69 bits per heavy atom. The largest absolute Gasteiger partial charge is 0.480 e. The van der Waals surface area contributed by atoms with E-state index in [-0.39, 0.29) is 0 Å². The van der Waals surface area contributed by atoms with Gasteiger partial charge in [-0.05, 0) is 27.3 Å². The second-order valence-corrected chi connectivity index (χ2v) is 3.05. The molecule has 0 bridgehead atoms. The molecule has 4 nitrogen and oxygen atoms in total. The number of aliphatic carboxylic acids is 1. The number of likely N-dealkylation sites (N-methyl/N-ethyl adjacent to an activating group) is 1. The summed E-state index contributed by atoms with van der Waals surface area (Å²) in [4.78, 5) is 12.4. The van der Waals surface area contributed by atoms with Crippen LogP contribution < -0.4 is 0 Å². The van der Waals surface area contributed by atoms with Crippen LogP contribution in [0.3, 0.4) is 0 Å². The maximum Gasteiger partial charge on any atom is 0.320 e. The van der Waals surface area contributed by atoms with Crippen LogP contribution in [0, 0.1) is 0 Å². The van der Waals surface area contributed by atoms with Gasteiger partial charge in [-0.2, -0.15) is 0 Å². The molecule has 0 aromatic rings. The van der Waals surface area contributed by atoms with Crippen LogP contribution in [0.25, 0.3) is 0 Å². The zero-order valence-electron chi connectivity index (χ0n) is 8.62. The molecule has 1 unspecified atom stereocenters. The average molecular weight is 189 g/mol. The van der Waals surface area contributed by atoms with Gasteiger partial charge >= 0.3 is 5.97 Å². The van der Waals surface area contributed by atoms with Crippen molar-refractivity contribution >= 4 is 5.97 Å². The predicted octanol–water partition coefficient (Wildman–Crippen LogP) is 0.818. The van der Waals surface area contributed by atoms with Gasteiger partial charge in [0, 0.05) is 19.8 Å². The first-order chi connectivity index (χ1) is 6.09. The molecule has 0 aromatic carbocycles. The number of ether oxygens (including phenoxy) is 1. The van der Waals surface area contributed by atoms with Crippen LogP contribution in [0.15, 0.2) is 0 Å². The van der Waals surface area contributed by atoms with Crippen LogP contribution in [0.5, 0.6) is 0 Å². The molecule has 0 saturated heterocycles. The van der Waals surface area contributed by atoms with E-state index in [1.807, 2.05) is 14.0 Å². The van der Waals surface area contributed by atoms with E-state index in [1.54, 1.807) is 11.8 Å². The standard InChI is InChI=1S/C9H19NO3/c1-4-13-7-5-6-10(3)8(2)9(11)12/h8H,4-7H2,1-3H3,(H,11,12). The first-order valence-electron chi connectivity index (χ1n) is 4.60. The number of rotatable bonds is 7. The molecule has 0 fully saturated rings. The van der Waals surface area contributed by atoms with Crippen molar-refractivity contribution < 1.29 is 14.6 Å². The van der Waals surface area contributed by atoms with E-state index in [0.717, 1.165) is 19.6 Å². The zero-order chi connectivity index (χ0) is 10.3. The third kappa shape index (κ3) is 5.60. The molecule has 0 aromatic heterocycles. The third-order valence-electron chi connectivity index (χ3n) is 2.02. The summed E-state index contributed by atoms with van der Waals surface area (Å²) in [7, 11) is 1.81. The minimum atomic E-state index is -0.779. The second kappa shape index (κ2) is 6.86. The number of hydrogen-bond acceptors (Lipinski definition) is 3. The summed E-state index contributed by atoms with van der Waals surface area (Å²) in [5.74, 6) is -0.779. The fraction of sp³-hybridized carbons (Fsp3) is 0.889. The predicted molar refractivity (Wildman–Crippen MR) is 50.8 cm³/mol. The van der Waals surface area contributed by atoms with Crippen LogP contribution in [0.4, 0.5) is 0 Å². The van der Waals surface area contributed by atoms with Gasteiger partial charge in [0.2, 0.25) is 0 Å². The van der Waals surface area contributed by atoms with Gasteiger partial charge < -0.3 is 9.84 Å². The first-order valence-corrected chi connectivity index (χ1v) is 4.60. The molecule has 0 spiro atoms. The lowest BCUT2D eigenvalue weighted by Crippen LogP contribution is -2.36. The molecule has 13 heavy (non-hydrogen) atoms. The van der Waals surface area contributed by atoms with E-state index >= 15 is 0 Å². The Kier molecular flexibility index (Phi) is 6.54. The van der Waals surface area contributed by atoms with Crippen LogP contribution in [0.1, 0.15) is 20.3 Å². The van der Waals surface area contributed by atoms with Gasteiger partial charge in [0.15, 0.2) is 0 Å². The van der Waals surface area contributed by atoms with Crippen LogP contribution in [-0.2, 0) is 9.53 Å². The molecule has 0 aliphatic rings. The van der Waals surface area contributed by atoms with Crippen molar-refractivity contribution in [2.24, 2.45) is 0 Å². The lowest BCUT2D eigenvalue weighted by molar-refractivity contribution is -0.142. The van der Waals surface area contributed by atoms with Crippen LogP contribution in [-0.4, -0.2) is 48.8 Å². The molecule has 4 heteroatoms. The molecule has 1 atom stereocenters. The molecule has 0 saturated carbocycles. The highest BCUT2D eigenvalue weighted by atomic mass is 16.5. The Morgan fingerprint density at radius 1 is 1.62 bits per heavy atom. The highest BCUT2D eigenvalue weighted by Gasteiger charge is 2.15. The summed E-state index contributed by atoms with van der Waals surface area (Å²) in [5, 5.41) is 8.68. The number of carboxylic acid groups (broad SMARTS) is 1. The number of carbonyl (C=O) groups is 1. The van der Waals surface area contributed by atoms with Crippen molar-refractivity contribution in [1.82, 2.24) is 4.90 Å². The molecular weight excluding hydrogens is 170 g/mol. The Labute approximate surface area is 79.5 Å². The van der Waals surface area contributed by atoms with E-state index in [9.17, 15) is 4.79 Å². The maximum absolute atomic E-state index is 10.6. The van der Waals surface area contributed by atoms with Gasteiger partial charge in [0.1, 0.15) is 6.04 Å². The Bertz CT molecular complexity index is 150. The summed E-state index contributed by atoms with van der Waals surface area (Å²) in [5.41, 5.74) is 0. The minimum absolute atomic E-state index is 0.415. The van der Waals surface area contributed by atoms with Gasteiger partial charge in [-0.25, -0.2) is 0 Å². The smallest absolute Gasteiger partial charge is 0.320 e. The summed E-state index contributed by atoms with van der Waals surface area (Å²) in [6.07, 6.45) is 0.877. The fourth-order valence-electron chi connectivity index (χ4n) is 0.943.